The van der Waals surface area contributed by atoms with Crippen LogP contribution in [0.5, 0.6) is 0 Å². The van der Waals surface area contributed by atoms with Crippen LogP contribution in [0.4, 0.5) is 5.82 Å². The van der Waals surface area contributed by atoms with Gasteiger partial charge < -0.3 is 9.42 Å². The van der Waals surface area contributed by atoms with E-state index in [-0.39, 0.29) is 0 Å². The van der Waals surface area contributed by atoms with Crippen LogP contribution in [0, 0.1) is 6.92 Å². The molecule has 0 radical (unpaired) electrons. The minimum absolute atomic E-state index is 0.714. The summed E-state index contributed by atoms with van der Waals surface area (Å²) in [6.45, 7) is 3.65. The average Bonchev–Trinajstić information content (AvgIpc) is 3.48. The van der Waals surface area contributed by atoms with Gasteiger partial charge in [0.15, 0.2) is 17.2 Å². The van der Waals surface area contributed by atoms with Crippen LogP contribution in [0.3, 0.4) is 0 Å². The summed E-state index contributed by atoms with van der Waals surface area (Å²) in [7, 11) is 0. The van der Waals surface area contributed by atoms with Gasteiger partial charge in [-0.15, -0.1) is 15.3 Å². The zero-order valence-electron chi connectivity index (χ0n) is 16.9. The summed E-state index contributed by atoms with van der Waals surface area (Å²) in [5.74, 6) is 1.65. The van der Waals surface area contributed by atoms with E-state index in [9.17, 15) is 0 Å². The van der Waals surface area contributed by atoms with E-state index >= 15 is 0 Å². The van der Waals surface area contributed by atoms with Crippen molar-refractivity contribution < 1.29 is 4.52 Å². The molecule has 0 amide bonds. The summed E-state index contributed by atoms with van der Waals surface area (Å²) in [4.78, 5) is 6.99. The van der Waals surface area contributed by atoms with Crippen molar-refractivity contribution in [3.63, 3.8) is 0 Å². The molecule has 1 aliphatic heterocycles. The second-order valence-electron chi connectivity index (χ2n) is 7.73. The van der Waals surface area contributed by atoms with Crippen LogP contribution >= 0.6 is 0 Å². The molecule has 31 heavy (non-hydrogen) atoms. The number of hydrogen-bond donors (Lipinski definition) is 0. The molecular formula is C23H19N7O. The van der Waals surface area contributed by atoms with Crippen LogP contribution in [0.2, 0.25) is 0 Å². The molecule has 5 heterocycles. The van der Waals surface area contributed by atoms with E-state index < -0.39 is 0 Å². The van der Waals surface area contributed by atoms with Crippen LogP contribution in [0.15, 0.2) is 65.6 Å². The molecule has 0 spiro atoms. The Kier molecular flexibility index (Phi) is 4.02. The normalized spacial score (nSPS) is 13.5. The first-order chi connectivity index (χ1) is 15.2. The number of aryl methyl sites for hydroxylation is 1. The SMILES string of the molecule is Cc1cc2nncn2nc1N1CCc2ncc(-c3cc(-c4ccccc4)no3)cc2C1. The van der Waals surface area contributed by atoms with Gasteiger partial charge >= 0.3 is 0 Å². The highest BCUT2D eigenvalue weighted by Gasteiger charge is 2.22. The lowest BCUT2D eigenvalue weighted by molar-refractivity contribution is 0.434. The Hall–Kier alpha value is -4.07. The first-order valence-corrected chi connectivity index (χ1v) is 10.2. The second kappa shape index (κ2) is 7.02. The fourth-order valence-corrected chi connectivity index (χ4v) is 4.06. The smallest absolute Gasteiger partial charge is 0.177 e. The van der Waals surface area contributed by atoms with Crippen LogP contribution in [-0.2, 0) is 13.0 Å². The average molecular weight is 409 g/mol. The molecule has 0 saturated carbocycles. The van der Waals surface area contributed by atoms with Gasteiger partial charge in [-0.25, -0.2) is 0 Å². The van der Waals surface area contributed by atoms with Gasteiger partial charge in [0, 0.05) is 48.6 Å². The van der Waals surface area contributed by atoms with Gasteiger partial charge in [0.05, 0.1) is 0 Å². The predicted molar refractivity (Wildman–Crippen MR) is 115 cm³/mol. The second-order valence-corrected chi connectivity index (χ2v) is 7.73. The van der Waals surface area contributed by atoms with Crippen molar-refractivity contribution in [2.75, 3.05) is 11.4 Å². The molecule has 0 aliphatic carbocycles. The Morgan fingerprint density at radius 2 is 1.94 bits per heavy atom. The quantitative estimate of drug-likeness (QED) is 0.449. The molecule has 6 rings (SSSR count). The molecule has 0 bridgehead atoms. The molecule has 0 N–H and O–H groups in total. The highest BCUT2D eigenvalue weighted by atomic mass is 16.5. The first kappa shape index (κ1) is 17.8. The maximum absolute atomic E-state index is 5.63. The number of aromatic nitrogens is 6. The third-order valence-corrected chi connectivity index (χ3v) is 5.66. The third kappa shape index (κ3) is 3.13. The lowest BCUT2D eigenvalue weighted by Crippen LogP contribution is -2.32. The highest BCUT2D eigenvalue weighted by Crippen LogP contribution is 2.30. The van der Waals surface area contributed by atoms with Crippen molar-refractivity contribution in [2.45, 2.75) is 19.9 Å². The maximum atomic E-state index is 5.63. The molecular weight excluding hydrogens is 390 g/mol. The van der Waals surface area contributed by atoms with Gasteiger partial charge in [0.1, 0.15) is 12.0 Å². The number of rotatable bonds is 3. The summed E-state index contributed by atoms with van der Waals surface area (Å²) in [5, 5.41) is 17.0. The topological polar surface area (TPSA) is 85.2 Å². The van der Waals surface area contributed by atoms with Gasteiger partial charge in [-0.2, -0.15) is 4.52 Å². The molecule has 4 aromatic heterocycles. The van der Waals surface area contributed by atoms with Crippen LogP contribution in [0.25, 0.3) is 28.2 Å². The molecule has 8 heteroatoms. The number of pyridine rings is 1. The molecule has 1 aromatic carbocycles. The zero-order chi connectivity index (χ0) is 20.8. The van der Waals surface area contributed by atoms with E-state index in [4.69, 9.17) is 14.6 Å². The summed E-state index contributed by atoms with van der Waals surface area (Å²) < 4.78 is 7.35. The fourth-order valence-electron chi connectivity index (χ4n) is 4.06. The lowest BCUT2D eigenvalue weighted by Gasteiger charge is -2.30. The number of benzene rings is 1. The van der Waals surface area contributed by atoms with E-state index in [1.54, 1.807) is 10.8 Å². The van der Waals surface area contributed by atoms with Gasteiger partial charge in [-0.05, 0) is 30.2 Å². The van der Waals surface area contributed by atoms with E-state index in [1.807, 2.05) is 48.7 Å². The Morgan fingerprint density at radius 1 is 1.03 bits per heavy atom. The summed E-state index contributed by atoms with van der Waals surface area (Å²) in [5.41, 5.74) is 6.89. The van der Waals surface area contributed by atoms with Crippen LogP contribution < -0.4 is 4.90 Å². The first-order valence-electron chi connectivity index (χ1n) is 10.2. The monoisotopic (exact) mass is 409 g/mol. The van der Waals surface area contributed by atoms with Gasteiger partial charge in [-0.1, -0.05) is 35.5 Å². The summed E-state index contributed by atoms with van der Waals surface area (Å²) >= 11 is 0. The summed E-state index contributed by atoms with van der Waals surface area (Å²) in [6.07, 6.45) is 4.36. The minimum atomic E-state index is 0.714. The van der Waals surface area contributed by atoms with Crippen molar-refractivity contribution in [1.29, 1.82) is 0 Å². The van der Waals surface area contributed by atoms with Crippen molar-refractivity contribution in [3.8, 4) is 22.6 Å². The Bertz CT molecular complexity index is 1390. The Balaban J connectivity index is 1.32. The lowest BCUT2D eigenvalue weighted by atomic mass is 10.0. The number of fused-ring (bicyclic) bond motifs is 2. The molecule has 8 nitrogen and oxygen atoms in total. The Labute approximate surface area is 178 Å². The summed E-state index contributed by atoms with van der Waals surface area (Å²) in [6, 6.07) is 16.1. The van der Waals surface area contributed by atoms with Gasteiger partial charge in [-0.3, -0.25) is 4.98 Å². The van der Waals surface area contributed by atoms with Crippen LogP contribution in [-0.4, -0.2) is 36.5 Å². The fraction of sp³-hybridized carbons (Fsp3) is 0.174. The van der Waals surface area contributed by atoms with Gasteiger partial charge in [0.25, 0.3) is 0 Å². The highest BCUT2D eigenvalue weighted by molar-refractivity contribution is 5.67. The van der Waals surface area contributed by atoms with E-state index in [0.717, 1.165) is 59.1 Å². The largest absolute Gasteiger partial charge is 0.356 e. The minimum Gasteiger partial charge on any atom is -0.356 e. The molecule has 152 valence electrons. The Morgan fingerprint density at radius 3 is 2.84 bits per heavy atom. The predicted octanol–water partition coefficient (Wildman–Crippen LogP) is 3.71. The third-order valence-electron chi connectivity index (χ3n) is 5.66. The zero-order valence-corrected chi connectivity index (χ0v) is 16.9. The maximum Gasteiger partial charge on any atom is 0.177 e. The van der Waals surface area contributed by atoms with E-state index in [1.165, 1.54) is 5.56 Å². The number of anilines is 1. The molecule has 5 aromatic rings. The molecule has 1 aliphatic rings. The van der Waals surface area contributed by atoms with E-state index in [0.29, 0.717) is 5.76 Å². The number of nitrogens with zero attached hydrogens (tertiary/aromatic N) is 7. The molecule has 0 unspecified atom stereocenters. The standard InChI is InChI=1S/C23H19N7O/c1-15-9-22-26-25-14-30(22)27-23(15)29-8-7-19-18(13-29)10-17(12-24-19)21-11-20(28-31-21)16-5-3-2-4-6-16/h2-6,9-12,14H,7-8,13H2,1H3. The molecule has 0 saturated heterocycles. The van der Waals surface area contributed by atoms with Crippen molar-refractivity contribution in [3.05, 3.63) is 77.9 Å². The number of hydrogen-bond acceptors (Lipinski definition) is 7. The van der Waals surface area contributed by atoms with E-state index in [2.05, 4.69) is 33.2 Å². The van der Waals surface area contributed by atoms with Crippen molar-refractivity contribution >= 4 is 11.5 Å². The molecule has 0 atom stereocenters. The van der Waals surface area contributed by atoms with Crippen molar-refractivity contribution in [1.82, 2.24) is 30.0 Å². The van der Waals surface area contributed by atoms with Crippen molar-refractivity contribution in [2.24, 2.45) is 0 Å². The molecule has 0 fully saturated rings. The van der Waals surface area contributed by atoms with Crippen LogP contribution in [0.1, 0.15) is 16.8 Å². The van der Waals surface area contributed by atoms with Gasteiger partial charge in [0.2, 0.25) is 0 Å².